The maximum Gasteiger partial charge on any atom is 0.243 e. The van der Waals surface area contributed by atoms with Crippen LogP contribution in [0.3, 0.4) is 0 Å². The van der Waals surface area contributed by atoms with Crippen LogP contribution in [0.5, 0.6) is 5.75 Å². The van der Waals surface area contributed by atoms with Crippen LogP contribution in [-0.4, -0.2) is 40.3 Å². The van der Waals surface area contributed by atoms with E-state index in [9.17, 15) is 13.2 Å². The lowest BCUT2D eigenvalue weighted by Crippen LogP contribution is -2.49. The summed E-state index contributed by atoms with van der Waals surface area (Å²) in [6.45, 7) is 6.05. The summed E-state index contributed by atoms with van der Waals surface area (Å²) in [7, 11) is -2.00. The van der Waals surface area contributed by atoms with E-state index in [-0.39, 0.29) is 5.91 Å². The number of nitrogens with zero attached hydrogens (tertiary/aromatic N) is 1. The van der Waals surface area contributed by atoms with Crippen LogP contribution in [0, 0.1) is 13.8 Å². The van der Waals surface area contributed by atoms with Crippen molar-refractivity contribution in [2.45, 2.75) is 46.1 Å². The number of anilines is 1. The molecule has 1 unspecified atom stereocenters. The van der Waals surface area contributed by atoms with Gasteiger partial charge in [0.15, 0.2) is 0 Å². The molecular formula is C23H32N2O4S. The van der Waals surface area contributed by atoms with Crippen LogP contribution in [0.25, 0.3) is 0 Å². The Morgan fingerprint density at radius 2 is 1.90 bits per heavy atom. The highest BCUT2D eigenvalue weighted by Gasteiger charge is 2.32. The molecule has 0 saturated heterocycles. The van der Waals surface area contributed by atoms with E-state index in [1.165, 1.54) is 4.31 Å². The zero-order chi connectivity index (χ0) is 22.3. The summed E-state index contributed by atoms with van der Waals surface area (Å²) in [5.41, 5.74) is 3.44. The van der Waals surface area contributed by atoms with Crippen molar-refractivity contribution in [1.82, 2.24) is 5.32 Å². The molecule has 1 atom stereocenters. The average Bonchev–Trinajstić information content (AvgIpc) is 2.70. The molecule has 0 fully saturated rings. The minimum Gasteiger partial charge on any atom is -0.497 e. The normalized spacial score (nSPS) is 12.3. The molecular weight excluding hydrogens is 400 g/mol. The number of carbonyl (C=O) groups is 1. The molecule has 1 amide bonds. The zero-order valence-corrected chi connectivity index (χ0v) is 19.3. The van der Waals surface area contributed by atoms with Gasteiger partial charge in [-0.05, 0) is 68.0 Å². The van der Waals surface area contributed by atoms with Gasteiger partial charge in [0.2, 0.25) is 15.9 Å². The van der Waals surface area contributed by atoms with Crippen LogP contribution in [0.4, 0.5) is 5.69 Å². The summed E-state index contributed by atoms with van der Waals surface area (Å²) in [6, 6.07) is 12.7. The molecule has 0 aliphatic carbocycles. The fourth-order valence-electron chi connectivity index (χ4n) is 3.44. The molecule has 30 heavy (non-hydrogen) atoms. The van der Waals surface area contributed by atoms with Crippen molar-refractivity contribution in [2.24, 2.45) is 0 Å². The first-order chi connectivity index (χ1) is 14.2. The number of sulfonamides is 1. The van der Waals surface area contributed by atoms with Gasteiger partial charge in [0.05, 0.1) is 19.1 Å². The fourth-order valence-corrected chi connectivity index (χ4v) is 4.70. The third kappa shape index (κ3) is 6.23. The first-order valence-corrected chi connectivity index (χ1v) is 12.0. The highest BCUT2D eigenvalue weighted by Crippen LogP contribution is 2.27. The molecule has 7 heteroatoms. The lowest BCUT2D eigenvalue weighted by Gasteiger charge is -2.31. The minimum absolute atomic E-state index is 0.283. The van der Waals surface area contributed by atoms with E-state index in [1.54, 1.807) is 7.11 Å². The lowest BCUT2D eigenvalue weighted by atomic mass is 10.1. The largest absolute Gasteiger partial charge is 0.497 e. The third-order valence-electron chi connectivity index (χ3n) is 5.01. The topological polar surface area (TPSA) is 75.7 Å². The molecule has 6 nitrogen and oxygen atoms in total. The number of rotatable bonds is 10. The molecule has 1 N–H and O–H groups in total. The van der Waals surface area contributed by atoms with Gasteiger partial charge in [0, 0.05) is 6.54 Å². The predicted octanol–water partition coefficient (Wildman–Crippen LogP) is 3.61. The van der Waals surface area contributed by atoms with Crippen molar-refractivity contribution in [3.8, 4) is 5.75 Å². The number of hydrogen-bond acceptors (Lipinski definition) is 4. The quantitative estimate of drug-likeness (QED) is 0.582. The molecule has 0 saturated carbocycles. The Bertz CT molecular complexity index is 973. The first kappa shape index (κ1) is 23.7. The highest BCUT2D eigenvalue weighted by molar-refractivity contribution is 7.92. The number of benzene rings is 2. The number of hydrogen-bond donors (Lipinski definition) is 1. The van der Waals surface area contributed by atoms with E-state index in [2.05, 4.69) is 5.32 Å². The van der Waals surface area contributed by atoms with Crippen LogP contribution < -0.4 is 14.4 Å². The molecule has 0 aliphatic rings. The number of aryl methyl sites for hydroxylation is 3. The number of methoxy groups -OCH3 is 1. The number of ether oxygens (including phenoxy) is 1. The van der Waals surface area contributed by atoms with Gasteiger partial charge in [-0.3, -0.25) is 9.10 Å². The minimum atomic E-state index is -3.64. The summed E-state index contributed by atoms with van der Waals surface area (Å²) in [5, 5.41) is 2.91. The van der Waals surface area contributed by atoms with Crippen molar-refractivity contribution in [2.75, 3.05) is 24.2 Å². The van der Waals surface area contributed by atoms with E-state index >= 15 is 0 Å². The molecule has 0 radical (unpaired) electrons. The fraction of sp³-hybridized carbons (Fsp3) is 0.435. The standard InChI is InChI=1S/C23H32N2O4S/c1-6-21(25(30(5,27)28)22-15-17(2)12-13-18(22)3)23(26)24-14-8-10-19-9-7-11-20(16-19)29-4/h7,9,11-13,15-16,21H,6,8,10,14H2,1-5H3,(H,24,26). The van der Waals surface area contributed by atoms with Gasteiger partial charge in [-0.1, -0.05) is 31.2 Å². The van der Waals surface area contributed by atoms with E-state index in [4.69, 9.17) is 4.74 Å². The van der Waals surface area contributed by atoms with Gasteiger partial charge < -0.3 is 10.1 Å². The molecule has 2 aromatic carbocycles. The summed E-state index contributed by atoms with van der Waals surface area (Å²) < 4.78 is 31.7. The smallest absolute Gasteiger partial charge is 0.243 e. The van der Waals surface area contributed by atoms with Crippen molar-refractivity contribution < 1.29 is 17.9 Å². The summed E-state index contributed by atoms with van der Waals surface area (Å²) >= 11 is 0. The Balaban J connectivity index is 2.09. The third-order valence-corrected chi connectivity index (χ3v) is 6.17. The van der Waals surface area contributed by atoms with E-state index in [1.807, 2.05) is 63.2 Å². The Kier molecular flexibility index (Phi) is 8.29. The second kappa shape index (κ2) is 10.5. The van der Waals surface area contributed by atoms with Crippen molar-refractivity contribution in [1.29, 1.82) is 0 Å². The van der Waals surface area contributed by atoms with Gasteiger partial charge >= 0.3 is 0 Å². The van der Waals surface area contributed by atoms with Crippen molar-refractivity contribution >= 4 is 21.6 Å². The Hall–Kier alpha value is -2.54. The van der Waals surface area contributed by atoms with Gasteiger partial charge in [0.1, 0.15) is 11.8 Å². The van der Waals surface area contributed by atoms with E-state index < -0.39 is 16.1 Å². The maximum atomic E-state index is 12.9. The van der Waals surface area contributed by atoms with Crippen molar-refractivity contribution in [3.05, 3.63) is 59.2 Å². The summed E-state index contributed by atoms with van der Waals surface area (Å²) in [5.74, 6) is 0.523. The molecule has 2 rings (SSSR count). The van der Waals surface area contributed by atoms with Crippen LogP contribution in [0.1, 0.15) is 36.5 Å². The first-order valence-electron chi connectivity index (χ1n) is 10.1. The van der Waals surface area contributed by atoms with Crippen molar-refractivity contribution in [3.63, 3.8) is 0 Å². The Morgan fingerprint density at radius 1 is 1.17 bits per heavy atom. The number of amides is 1. The molecule has 2 aromatic rings. The second-order valence-electron chi connectivity index (χ2n) is 7.52. The predicted molar refractivity (Wildman–Crippen MR) is 122 cm³/mol. The number of nitrogens with one attached hydrogen (secondary N) is 1. The monoisotopic (exact) mass is 432 g/mol. The SMILES string of the molecule is CCC(C(=O)NCCCc1cccc(OC)c1)N(c1cc(C)ccc1C)S(C)(=O)=O. The van der Waals surface area contributed by atoms with Gasteiger partial charge in [-0.2, -0.15) is 0 Å². The van der Waals surface area contributed by atoms with Gasteiger partial charge in [-0.25, -0.2) is 8.42 Å². The Morgan fingerprint density at radius 3 is 2.53 bits per heavy atom. The number of carbonyl (C=O) groups excluding carboxylic acids is 1. The van der Waals surface area contributed by atoms with Gasteiger partial charge in [0.25, 0.3) is 0 Å². The van der Waals surface area contributed by atoms with E-state index in [0.717, 1.165) is 41.5 Å². The molecule has 0 spiro atoms. The Labute approximate surface area is 180 Å². The molecule has 0 bridgehead atoms. The highest BCUT2D eigenvalue weighted by atomic mass is 32.2. The van der Waals surface area contributed by atoms with Crippen LogP contribution in [0.15, 0.2) is 42.5 Å². The molecule has 0 aliphatic heterocycles. The van der Waals surface area contributed by atoms with Crippen LogP contribution in [0.2, 0.25) is 0 Å². The van der Waals surface area contributed by atoms with Crippen LogP contribution >= 0.6 is 0 Å². The molecule has 164 valence electrons. The van der Waals surface area contributed by atoms with Gasteiger partial charge in [-0.15, -0.1) is 0 Å². The molecule has 0 heterocycles. The summed E-state index contributed by atoms with van der Waals surface area (Å²) in [4.78, 5) is 12.9. The van der Waals surface area contributed by atoms with E-state index in [0.29, 0.717) is 18.7 Å². The maximum absolute atomic E-state index is 12.9. The second-order valence-corrected chi connectivity index (χ2v) is 9.38. The average molecular weight is 433 g/mol. The summed E-state index contributed by atoms with van der Waals surface area (Å²) in [6.07, 6.45) is 3.06. The zero-order valence-electron chi connectivity index (χ0n) is 18.4. The lowest BCUT2D eigenvalue weighted by molar-refractivity contribution is -0.122. The van der Waals surface area contributed by atoms with Crippen LogP contribution in [-0.2, 0) is 21.2 Å². The molecule has 0 aromatic heterocycles.